The quantitative estimate of drug-likeness (QED) is 0.928. The Morgan fingerprint density at radius 1 is 1.24 bits per heavy atom. The van der Waals surface area contributed by atoms with Gasteiger partial charge in [0.25, 0.3) is 0 Å². The molecule has 3 atom stereocenters. The van der Waals surface area contributed by atoms with Crippen LogP contribution in [0.2, 0.25) is 0 Å². The van der Waals surface area contributed by atoms with Crippen LogP contribution >= 0.6 is 0 Å². The second-order valence-corrected chi connectivity index (χ2v) is 5.88. The minimum atomic E-state index is -0.801. The number of nitrogens with zero attached hydrogens (tertiary/aromatic N) is 1. The van der Waals surface area contributed by atoms with E-state index in [4.69, 9.17) is 4.74 Å². The fraction of sp³-hybridized carbons (Fsp3) is 0.500. The number of piperidine rings is 2. The maximum Gasteiger partial charge on any atom is 0.410 e. The first-order valence-electron chi connectivity index (χ1n) is 7.35. The zero-order chi connectivity index (χ0) is 14.8. The van der Waals surface area contributed by atoms with Gasteiger partial charge in [-0.15, -0.1) is 0 Å². The largest absolute Gasteiger partial charge is 0.481 e. The maximum atomic E-state index is 12.2. The van der Waals surface area contributed by atoms with Gasteiger partial charge in [-0.1, -0.05) is 30.3 Å². The number of carbonyl (C=O) groups is 2. The summed E-state index contributed by atoms with van der Waals surface area (Å²) >= 11 is 0. The van der Waals surface area contributed by atoms with Crippen molar-refractivity contribution in [3.63, 3.8) is 0 Å². The summed E-state index contributed by atoms with van der Waals surface area (Å²) in [6.07, 6.45) is 2.07. The molecule has 21 heavy (non-hydrogen) atoms. The van der Waals surface area contributed by atoms with Crippen molar-refractivity contribution in [2.24, 2.45) is 11.8 Å². The molecule has 2 heterocycles. The molecule has 3 aliphatic rings. The number of fused-ring (bicyclic) bond motifs is 3. The van der Waals surface area contributed by atoms with Crippen LogP contribution in [0.15, 0.2) is 30.3 Å². The van der Waals surface area contributed by atoms with Gasteiger partial charge in [-0.2, -0.15) is 0 Å². The molecule has 3 fully saturated rings. The molecule has 1 amide bonds. The molecule has 1 aromatic carbocycles. The molecule has 4 rings (SSSR count). The lowest BCUT2D eigenvalue weighted by atomic mass is 9.73. The highest BCUT2D eigenvalue weighted by Gasteiger charge is 2.46. The predicted octanol–water partition coefficient (Wildman–Crippen LogP) is 2.51. The molecule has 2 aliphatic heterocycles. The average Bonchev–Trinajstić information content (AvgIpc) is 2.53. The molecule has 1 aromatic rings. The highest BCUT2D eigenvalue weighted by Crippen LogP contribution is 2.39. The lowest BCUT2D eigenvalue weighted by Crippen LogP contribution is -2.57. The standard InChI is InChI=1S/C16H19NO4/c18-15(19)13-8-12-6-7-14(13)17(9-12)16(20)21-10-11-4-2-1-3-5-11/h1-5,12-14H,6-10H2,(H,18,19)/t12-,13-,14-/m1/s1. The summed E-state index contributed by atoms with van der Waals surface area (Å²) in [5.41, 5.74) is 0.933. The molecule has 1 N–H and O–H groups in total. The number of carboxylic acids is 1. The minimum Gasteiger partial charge on any atom is -0.481 e. The zero-order valence-corrected chi connectivity index (χ0v) is 11.8. The summed E-state index contributed by atoms with van der Waals surface area (Å²) in [4.78, 5) is 25.2. The van der Waals surface area contributed by atoms with E-state index in [2.05, 4.69) is 0 Å². The SMILES string of the molecule is O=C(O)[C@@H]1C[C@H]2CC[C@H]1N(C(=O)OCc1ccccc1)C2. The van der Waals surface area contributed by atoms with Gasteiger partial charge in [0.1, 0.15) is 6.61 Å². The Labute approximate surface area is 123 Å². The number of carboxylic acid groups (broad SMARTS) is 1. The van der Waals surface area contributed by atoms with E-state index in [1.54, 1.807) is 4.90 Å². The Morgan fingerprint density at radius 3 is 2.67 bits per heavy atom. The molecule has 0 unspecified atom stereocenters. The Bertz CT molecular complexity index is 530. The number of hydrogen-bond donors (Lipinski definition) is 1. The third-order valence-electron chi connectivity index (χ3n) is 4.53. The van der Waals surface area contributed by atoms with Gasteiger partial charge in [0.15, 0.2) is 0 Å². The second-order valence-electron chi connectivity index (χ2n) is 5.88. The van der Waals surface area contributed by atoms with E-state index in [-0.39, 0.29) is 18.7 Å². The first-order valence-corrected chi connectivity index (χ1v) is 7.35. The van der Waals surface area contributed by atoms with Crippen LogP contribution in [0.3, 0.4) is 0 Å². The summed E-state index contributed by atoms with van der Waals surface area (Å²) in [5, 5.41) is 9.29. The first kappa shape index (κ1) is 13.9. The van der Waals surface area contributed by atoms with E-state index in [0.29, 0.717) is 18.9 Å². The van der Waals surface area contributed by atoms with Crippen molar-refractivity contribution in [3.8, 4) is 0 Å². The number of benzene rings is 1. The van der Waals surface area contributed by atoms with Crippen LogP contribution in [-0.4, -0.2) is 34.7 Å². The molecule has 5 nitrogen and oxygen atoms in total. The van der Waals surface area contributed by atoms with Crippen molar-refractivity contribution in [2.75, 3.05) is 6.54 Å². The molecule has 1 aliphatic carbocycles. The Hall–Kier alpha value is -2.04. The zero-order valence-electron chi connectivity index (χ0n) is 11.8. The number of ether oxygens (including phenoxy) is 1. The van der Waals surface area contributed by atoms with E-state index in [1.165, 1.54) is 0 Å². The summed E-state index contributed by atoms with van der Waals surface area (Å²) < 4.78 is 5.34. The average molecular weight is 289 g/mol. The summed E-state index contributed by atoms with van der Waals surface area (Å²) in [6.45, 7) is 0.855. The van der Waals surface area contributed by atoms with Crippen LogP contribution in [0.4, 0.5) is 4.79 Å². The third-order valence-corrected chi connectivity index (χ3v) is 4.53. The molecule has 112 valence electrons. The molecule has 5 heteroatoms. The van der Waals surface area contributed by atoms with Gasteiger partial charge in [-0.3, -0.25) is 4.79 Å². The van der Waals surface area contributed by atoms with Crippen molar-refractivity contribution in [1.29, 1.82) is 0 Å². The van der Waals surface area contributed by atoms with Gasteiger partial charge in [-0.25, -0.2) is 4.79 Å². The highest BCUT2D eigenvalue weighted by atomic mass is 16.6. The summed E-state index contributed by atoms with van der Waals surface area (Å²) in [5.74, 6) is -0.951. The van der Waals surface area contributed by atoms with E-state index in [1.807, 2.05) is 30.3 Å². The van der Waals surface area contributed by atoms with Crippen molar-refractivity contribution < 1.29 is 19.4 Å². The topological polar surface area (TPSA) is 66.8 Å². The molecule has 0 aromatic heterocycles. The third kappa shape index (κ3) is 2.86. The highest BCUT2D eigenvalue weighted by molar-refractivity contribution is 5.74. The first-order chi connectivity index (χ1) is 10.1. The van der Waals surface area contributed by atoms with Gasteiger partial charge in [0, 0.05) is 12.6 Å². The van der Waals surface area contributed by atoms with Gasteiger partial charge in [-0.05, 0) is 30.7 Å². The lowest BCUT2D eigenvalue weighted by Gasteiger charge is -2.47. The molecule has 2 saturated heterocycles. The smallest absolute Gasteiger partial charge is 0.410 e. The predicted molar refractivity (Wildman–Crippen MR) is 75.6 cm³/mol. The van der Waals surface area contributed by atoms with Gasteiger partial charge < -0.3 is 14.7 Å². The number of hydrogen-bond acceptors (Lipinski definition) is 3. The molecule has 1 saturated carbocycles. The number of rotatable bonds is 3. The van der Waals surface area contributed by atoms with Crippen LogP contribution in [0.25, 0.3) is 0 Å². The Balaban J connectivity index is 1.63. The maximum absolute atomic E-state index is 12.2. The fourth-order valence-electron chi connectivity index (χ4n) is 3.47. The normalized spacial score (nSPS) is 27.4. The summed E-state index contributed by atoms with van der Waals surface area (Å²) in [7, 11) is 0. The molecular weight excluding hydrogens is 270 g/mol. The van der Waals surface area contributed by atoms with Crippen molar-refractivity contribution in [3.05, 3.63) is 35.9 Å². The number of aliphatic carboxylic acids is 1. The van der Waals surface area contributed by atoms with Crippen LogP contribution in [0, 0.1) is 11.8 Å². The van der Waals surface area contributed by atoms with E-state index >= 15 is 0 Å². The monoisotopic (exact) mass is 289 g/mol. The Kier molecular flexibility index (Phi) is 3.82. The van der Waals surface area contributed by atoms with Crippen molar-refractivity contribution >= 4 is 12.1 Å². The minimum absolute atomic E-state index is 0.212. The molecule has 0 spiro atoms. The van der Waals surface area contributed by atoms with Gasteiger partial charge >= 0.3 is 12.1 Å². The van der Waals surface area contributed by atoms with E-state index in [9.17, 15) is 14.7 Å². The van der Waals surface area contributed by atoms with E-state index < -0.39 is 11.9 Å². The van der Waals surface area contributed by atoms with Crippen LogP contribution in [0.5, 0.6) is 0 Å². The number of carbonyl (C=O) groups excluding carboxylic acids is 1. The second kappa shape index (κ2) is 5.76. The Morgan fingerprint density at radius 2 is 2.00 bits per heavy atom. The van der Waals surface area contributed by atoms with Crippen molar-refractivity contribution in [1.82, 2.24) is 4.90 Å². The summed E-state index contributed by atoms with van der Waals surface area (Å²) in [6, 6.07) is 9.28. The lowest BCUT2D eigenvalue weighted by molar-refractivity contribution is -0.149. The van der Waals surface area contributed by atoms with Gasteiger partial charge in [0.2, 0.25) is 0 Å². The van der Waals surface area contributed by atoms with Crippen LogP contribution in [0.1, 0.15) is 24.8 Å². The van der Waals surface area contributed by atoms with Crippen LogP contribution in [-0.2, 0) is 16.1 Å². The number of amides is 1. The van der Waals surface area contributed by atoms with E-state index in [0.717, 1.165) is 18.4 Å². The molecule has 2 bridgehead atoms. The molecule has 0 radical (unpaired) electrons. The fourth-order valence-corrected chi connectivity index (χ4v) is 3.47. The van der Waals surface area contributed by atoms with Crippen LogP contribution < -0.4 is 0 Å². The van der Waals surface area contributed by atoms with Gasteiger partial charge in [0.05, 0.1) is 5.92 Å². The van der Waals surface area contributed by atoms with Crippen molar-refractivity contribution in [2.45, 2.75) is 31.9 Å². The molecular formula is C16H19NO4.